The van der Waals surface area contributed by atoms with E-state index in [-0.39, 0.29) is 17.7 Å². The molecule has 7 heteroatoms. The van der Waals surface area contributed by atoms with Crippen molar-refractivity contribution < 1.29 is 14.0 Å². The Labute approximate surface area is 170 Å². The maximum atomic E-state index is 12.9. The first-order valence-electron chi connectivity index (χ1n) is 10.5. The van der Waals surface area contributed by atoms with E-state index in [0.717, 1.165) is 36.8 Å². The highest BCUT2D eigenvalue weighted by molar-refractivity contribution is 6.05. The van der Waals surface area contributed by atoms with Crippen LogP contribution in [0.4, 0.5) is 6.01 Å². The molecule has 1 unspecified atom stereocenters. The van der Waals surface area contributed by atoms with Crippen LogP contribution in [-0.2, 0) is 9.59 Å². The summed E-state index contributed by atoms with van der Waals surface area (Å²) in [6.07, 6.45) is 6.40. The normalized spacial score (nSPS) is 19.6. The number of carbonyl (C=O) groups is 2. The molecular weight excluding hydrogens is 368 g/mol. The number of piperidine rings is 1. The quantitative estimate of drug-likeness (QED) is 0.782. The van der Waals surface area contributed by atoms with Gasteiger partial charge in [0, 0.05) is 25.0 Å². The van der Waals surface area contributed by atoms with Gasteiger partial charge in [-0.15, -0.1) is 0 Å². The van der Waals surface area contributed by atoms with Crippen molar-refractivity contribution >= 4 is 28.8 Å². The number of rotatable bonds is 5. The molecular formula is C22H26N4O3. The molecule has 0 spiro atoms. The number of nitrogens with one attached hydrogen (secondary N) is 1. The monoisotopic (exact) mass is 394 g/mol. The summed E-state index contributed by atoms with van der Waals surface area (Å²) in [5, 5.41) is 12.4. The van der Waals surface area contributed by atoms with Gasteiger partial charge >= 0.3 is 0 Å². The van der Waals surface area contributed by atoms with E-state index in [0.29, 0.717) is 31.9 Å². The fourth-order valence-electron chi connectivity index (χ4n) is 4.37. The number of nitriles is 1. The van der Waals surface area contributed by atoms with Gasteiger partial charge in [0.15, 0.2) is 17.3 Å². The molecule has 4 rings (SSSR count). The van der Waals surface area contributed by atoms with Crippen LogP contribution in [-0.4, -0.2) is 35.8 Å². The number of oxazole rings is 1. The third kappa shape index (κ3) is 4.26. The molecule has 1 N–H and O–H groups in total. The number of amides is 1. The Balaban J connectivity index is 1.34. The average molecular weight is 394 g/mol. The number of hydrogen-bond donors (Lipinski definition) is 1. The molecule has 0 radical (unpaired) electrons. The number of fused-ring (bicyclic) bond motifs is 1. The van der Waals surface area contributed by atoms with E-state index in [4.69, 9.17) is 4.42 Å². The second-order valence-electron chi connectivity index (χ2n) is 8.03. The van der Waals surface area contributed by atoms with Crippen molar-refractivity contribution in [1.29, 1.82) is 5.26 Å². The van der Waals surface area contributed by atoms with E-state index in [2.05, 4.69) is 10.3 Å². The van der Waals surface area contributed by atoms with Crippen molar-refractivity contribution in [1.82, 2.24) is 10.3 Å². The highest BCUT2D eigenvalue weighted by Gasteiger charge is 2.36. The number of aromatic nitrogens is 1. The van der Waals surface area contributed by atoms with E-state index in [9.17, 15) is 14.9 Å². The van der Waals surface area contributed by atoms with Crippen molar-refractivity contribution in [2.24, 2.45) is 11.8 Å². The fourth-order valence-corrected chi connectivity index (χ4v) is 4.37. The lowest BCUT2D eigenvalue weighted by Gasteiger charge is -2.31. The van der Waals surface area contributed by atoms with Crippen molar-refractivity contribution in [3.05, 3.63) is 24.3 Å². The standard InChI is InChI=1S/C22H26N4O3/c23-14-17(21(28)24-16-6-2-1-3-7-16)20(27)15-10-12-26(13-11-15)22-25-18-8-4-5-9-19(18)29-22/h4-5,8-9,15-17H,1-3,6-7,10-13H2,(H,24,28). The van der Waals surface area contributed by atoms with Gasteiger partial charge in [-0.2, -0.15) is 10.2 Å². The van der Waals surface area contributed by atoms with Crippen LogP contribution in [0.3, 0.4) is 0 Å². The number of hydrogen-bond acceptors (Lipinski definition) is 6. The van der Waals surface area contributed by atoms with Crippen LogP contribution in [0.2, 0.25) is 0 Å². The topological polar surface area (TPSA) is 99.2 Å². The Bertz CT molecular complexity index is 885. The van der Waals surface area contributed by atoms with Gasteiger partial charge in [0.05, 0.1) is 6.07 Å². The lowest BCUT2D eigenvalue weighted by molar-refractivity contribution is -0.134. The zero-order valence-corrected chi connectivity index (χ0v) is 16.5. The maximum Gasteiger partial charge on any atom is 0.298 e. The second-order valence-corrected chi connectivity index (χ2v) is 8.03. The Morgan fingerprint density at radius 3 is 2.55 bits per heavy atom. The summed E-state index contributed by atoms with van der Waals surface area (Å²) in [6, 6.07) is 10.2. The summed E-state index contributed by atoms with van der Waals surface area (Å²) in [7, 11) is 0. The number of benzene rings is 1. The van der Waals surface area contributed by atoms with Crippen molar-refractivity contribution in [2.45, 2.75) is 51.0 Å². The molecule has 1 atom stereocenters. The van der Waals surface area contributed by atoms with E-state index in [1.807, 2.05) is 35.2 Å². The number of ketones is 1. The van der Waals surface area contributed by atoms with Crippen LogP contribution in [0, 0.1) is 23.2 Å². The molecule has 2 aromatic rings. The third-order valence-corrected chi connectivity index (χ3v) is 6.08. The van der Waals surface area contributed by atoms with E-state index < -0.39 is 11.8 Å². The van der Waals surface area contributed by atoms with Gasteiger partial charge in [0.2, 0.25) is 5.91 Å². The summed E-state index contributed by atoms with van der Waals surface area (Å²) >= 11 is 0. The summed E-state index contributed by atoms with van der Waals surface area (Å²) in [6.45, 7) is 1.23. The van der Waals surface area contributed by atoms with Gasteiger partial charge in [0.1, 0.15) is 5.52 Å². The summed E-state index contributed by atoms with van der Waals surface area (Å²) in [4.78, 5) is 31.9. The molecule has 2 heterocycles. The van der Waals surface area contributed by atoms with Crippen LogP contribution in [0.25, 0.3) is 11.1 Å². The number of para-hydroxylation sites is 2. The Hall–Kier alpha value is -2.88. The van der Waals surface area contributed by atoms with Crippen LogP contribution in [0.5, 0.6) is 0 Å². The van der Waals surface area contributed by atoms with E-state index in [1.165, 1.54) is 6.42 Å². The first kappa shape index (κ1) is 19.4. The van der Waals surface area contributed by atoms with Crippen LogP contribution in [0.15, 0.2) is 28.7 Å². The number of Topliss-reactive ketones (excluding diaryl/α,β-unsaturated/α-hetero) is 1. The molecule has 0 bridgehead atoms. The summed E-state index contributed by atoms with van der Waals surface area (Å²) < 4.78 is 5.81. The third-order valence-electron chi connectivity index (χ3n) is 6.08. The van der Waals surface area contributed by atoms with Gasteiger partial charge in [-0.1, -0.05) is 31.4 Å². The van der Waals surface area contributed by atoms with Gasteiger partial charge in [-0.05, 0) is 37.8 Å². The predicted octanol–water partition coefficient (Wildman–Crippen LogP) is 3.20. The zero-order valence-electron chi connectivity index (χ0n) is 16.5. The maximum absolute atomic E-state index is 12.9. The first-order valence-corrected chi connectivity index (χ1v) is 10.5. The van der Waals surface area contributed by atoms with Gasteiger partial charge in [-0.25, -0.2) is 0 Å². The minimum Gasteiger partial charge on any atom is -0.423 e. The lowest BCUT2D eigenvalue weighted by atomic mass is 9.85. The molecule has 29 heavy (non-hydrogen) atoms. The van der Waals surface area contributed by atoms with E-state index in [1.54, 1.807) is 0 Å². The van der Waals surface area contributed by atoms with Crippen molar-refractivity contribution in [3.63, 3.8) is 0 Å². The second kappa shape index (κ2) is 8.64. The molecule has 1 amide bonds. The SMILES string of the molecule is N#CC(C(=O)NC1CCCCC1)C(=O)C1CCN(c2nc3ccccc3o2)CC1. The van der Waals surface area contributed by atoms with Gasteiger partial charge in [0.25, 0.3) is 6.01 Å². The lowest BCUT2D eigenvalue weighted by Crippen LogP contribution is -2.45. The Kier molecular flexibility index (Phi) is 5.79. The van der Waals surface area contributed by atoms with E-state index >= 15 is 0 Å². The molecule has 1 aromatic heterocycles. The molecule has 2 fully saturated rings. The number of anilines is 1. The van der Waals surface area contributed by atoms with Crippen molar-refractivity contribution in [3.8, 4) is 6.07 Å². The molecule has 152 valence electrons. The highest BCUT2D eigenvalue weighted by atomic mass is 16.4. The molecule has 1 aliphatic heterocycles. The number of carbonyl (C=O) groups excluding carboxylic acids is 2. The molecule has 1 aromatic carbocycles. The minimum atomic E-state index is -1.21. The molecule has 1 saturated heterocycles. The van der Waals surface area contributed by atoms with Crippen LogP contribution < -0.4 is 10.2 Å². The molecule has 7 nitrogen and oxygen atoms in total. The summed E-state index contributed by atoms with van der Waals surface area (Å²) in [5.74, 6) is -2.17. The Morgan fingerprint density at radius 1 is 1.14 bits per heavy atom. The average Bonchev–Trinajstić information content (AvgIpc) is 3.19. The largest absolute Gasteiger partial charge is 0.423 e. The summed E-state index contributed by atoms with van der Waals surface area (Å²) in [5.41, 5.74) is 1.55. The molecule has 1 saturated carbocycles. The van der Waals surface area contributed by atoms with Crippen molar-refractivity contribution in [2.75, 3.05) is 18.0 Å². The smallest absolute Gasteiger partial charge is 0.298 e. The first-order chi connectivity index (χ1) is 14.2. The molecule has 1 aliphatic carbocycles. The molecule has 2 aliphatic rings. The van der Waals surface area contributed by atoms with Gasteiger partial charge < -0.3 is 14.6 Å². The zero-order chi connectivity index (χ0) is 20.2. The fraction of sp³-hybridized carbons (Fsp3) is 0.545. The Morgan fingerprint density at radius 2 is 1.86 bits per heavy atom. The van der Waals surface area contributed by atoms with Crippen LogP contribution in [0.1, 0.15) is 44.9 Å². The highest BCUT2D eigenvalue weighted by Crippen LogP contribution is 2.28. The minimum absolute atomic E-state index is 0.0981. The van der Waals surface area contributed by atoms with Gasteiger partial charge in [-0.3, -0.25) is 9.59 Å². The number of nitrogens with zero attached hydrogens (tertiary/aromatic N) is 3. The predicted molar refractivity (Wildman–Crippen MR) is 108 cm³/mol. The van der Waals surface area contributed by atoms with Crippen LogP contribution >= 0.6 is 0 Å².